The Kier molecular flexibility index (Phi) is 5.52. The number of carbonyl (C=O) groups is 3. The minimum Gasteiger partial charge on any atom is -0.385 e. The molecule has 5 N–H and O–H groups in total. The average molecular weight is 278 g/mol. The Morgan fingerprint density at radius 3 is 2.15 bits per heavy atom. The van der Waals surface area contributed by atoms with Crippen LogP contribution >= 0.6 is 0 Å². The Bertz CT molecular complexity index is 500. The van der Waals surface area contributed by atoms with E-state index in [0.717, 1.165) is 4.90 Å². The Morgan fingerprint density at radius 1 is 1.10 bits per heavy atom. The van der Waals surface area contributed by atoms with Crippen LogP contribution in [-0.2, 0) is 9.59 Å². The maximum Gasteiger partial charge on any atom is 0.256 e. The zero-order valence-electron chi connectivity index (χ0n) is 11.3. The number of nitrogens with zero attached hydrogens (tertiary/aromatic N) is 1. The van der Waals surface area contributed by atoms with Gasteiger partial charge in [0.05, 0.1) is 5.56 Å². The summed E-state index contributed by atoms with van der Waals surface area (Å²) in [6.07, 6.45) is 0. The van der Waals surface area contributed by atoms with Crippen molar-refractivity contribution < 1.29 is 14.4 Å². The maximum atomic E-state index is 12.4. The standard InChI is InChI=1S/C13H18N4O3/c1-2-16-10-6-4-3-5-9(10)13(20)17(7-11(14)18)8-12(15)19/h3-6,16H,2,7-8H2,1H3,(H2,14,18)(H2,15,19). The summed E-state index contributed by atoms with van der Waals surface area (Å²) in [4.78, 5) is 35.4. The minimum atomic E-state index is -0.708. The van der Waals surface area contributed by atoms with Crippen molar-refractivity contribution in [2.45, 2.75) is 6.92 Å². The highest BCUT2D eigenvalue weighted by Gasteiger charge is 2.21. The van der Waals surface area contributed by atoms with Crippen molar-refractivity contribution in [2.75, 3.05) is 25.0 Å². The first kappa shape index (κ1) is 15.5. The van der Waals surface area contributed by atoms with Crippen molar-refractivity contribution in [3.05, 3.63) is 29.8 Å². The summed E-state index contributed by atoms with van der Waals surface area (Å²) in [7, 11) is 0. The van der Waals surface area contributed by atoms with Crippen LogP contribution in [0.4, 0.5) is 5.69 Å². The molecule has 0 aromatic heterocycles. The van der Waals surface area contributed by atoms with Crippen molar-refractivity contribution in [3.8, 4) is 0 Å². The molecular formula is C13H18N4O3. The van der Waals surface area contributed by atoms with Crippen LogP contribution in [0, 0.1) is 0 Å². The molecule has 0 saturated heterocycles. The van der Waals surface area contributed by atoms with Crippen LogP contribution in [0.5, 0.6) is 0 Å². The molecule has 0 aliphatic carbocycles. The molecule has 0 heterocycles. The molecule has 1 aromatic rings. The van der Waals surface area contributed by atoms with Crippen molar-refractivity contribution in [1.29, 1.82) is 0 Å². The number of benzene rings is 1. The van der Waals surface area contributed by atoms with Crippen LogP contribution in [0.3, 0.4) is 0 Å². The van der Waals surface area contributed by atoms with Gasteiger partial charge in [-0.3, -0.25) is 14.4 Å². The van der Waals surface area contributed by atoms with Gasteiger partial charge in [0.15, 0.2) is 0 Å². The summed E-state index contributed by atoms with van der Waals surface area (Å²) in [5.74, 6) is -1.89. The van der Waals surface area contributed by atoms with E-state index in [1.54, 1.807) is 24.3 Å². The second-order valence-electron chi connectivity index (χ2n) is 4.17. The van der Waals surface area contributed by atoms with E-state index in [9.17, 15) is 14.4 Å². The number of nitrogens with two attached hydrogens (primary N) is 2. The molecule has 3 amide bonds. The summed E-state index contributed by atoms with van der Waals surface area (Å²) >= 11 is 0. The van der Waals surface area contributed by atoms with Gasteiger partial charge in [-0.25, -0.2) is 0 Å². The van der Waals surface area contributed by atoms with Gasteiger partial charge in [-0.15, -0.1) is 0 Å². The van der Waals surface area contributed by atoms with Crippen molar-refractivity contribution in [3.63, 3.8) is 0 Å². The highest BCUT2D eigenvalue weighted by Crippen LogP contribution is 2.17. The fourth-order valence-corrected chi connectivity index (χ4v) is 1.76. The molecular weight excluding hydrogens is 260 g/mol. The van der Waals surface area contributed by atoms with E-state index in [0.29, 0.717) is 17.8 Å². The quantitative estimate of drug-likeness (QED) is 0.624. The van der Waals surface area contributed by atoms with Gasteiger partial charge in [-0.1, -0.05) is 12.1 Å². The van der Waals surface area contributed by atoms with Crippen LogP contribution in [0.15, 0.2) is 24.3 Å². The molecule has 0 atom stereocenters. The fraction of sp³-hybridized carbons (Fsp3) is 0.308. The number of nitrogens with one attached hydrogen (secondary N) is 1. The van der Waals surface area contributed by atoms with E-state index < -0.39 is 17.7 Å². The van der Waals surface area contributed by atoms with Crippen molar-refractivity contribution in [1.82, 2.24) is 4.90 Å². The number of rotatable bonds is 7. The van der Waals surface area contributed by atoms with Crippen LogP contribution < -0.4 is 16.8 Å². The lowest BCUT2D eigenvalue weighted by Gasteiger charge is -2.21. The van der Waals surface area contributed by atoms with E-state index in [-0.39, 0.29) is 13.1 Å². The highest BCUT2D eigenvalue weighted by molar-refractivity contribution is 6.02. The molecule has 20 heavy (non-hydrogen) atoms. The van der Waals surface area contributed by atoms with E-state index in [4.69, 9.17) is 11.5 Å². The summed E-state index contributed by atoms with van der Waals surface area (Å²) in [6, 6.07) is 6.82. The highest BCUT2D eigenvalue weighted by atomic mass is 16.2. The molecule has 0 bridgehead atoms. The number of primary amides is 2. The monoisotopic (exact) mass is 278 g/mol. The third kappa shape index (κ3) is 4.27. The molecule has 7 nitrogen and oxygen atoms in total. The summed E-state index contributed by atoms with van der Waals surface area (Å²) in [5, 5.41) is 3.04. The maximum absolute atomic E-state index is 12.4. The lowest BCUT2D eigenvalue weighted by Crippen LogP contribution is -2.43. The number of hydrogen-bond acceptors (Lipinski definition) is 4. The molecule has 7 heteroatoms. The van der Waals surface area contributed by atoms with E-state index >= 15 is 0 Å². The SMILES string of the molecule is CCNc1ccccc1C(=O)N(CC(N)=O)CC(N)=O. The van der Waals surface area contributed by atoms with Gasteiger partial charge in [0.1, 0.15) is 13.1 Å². The first-order valence-electron chi connectivity index (χ1n) is 6.14. The normalized spacial score (nSPS) is 9.85. The zero-order chi connectivity index (χ0) is 15.1. The second-order valence-corrected chi connectivity index (χ2v) is 4.17. The topological polar surface area (TPSA) is 119 Å². The summed E-state index contributed by atoms with van der Waals surface area (Å²) < 4.78 is 0. The van der Waals surface area contributed by atoms with E-state index in [1.807, 2.05) is 6.92 Å². The third-order valence-corrected chi connectivity index (χ3v) is 2.51. The number of amides is 3. The molecule has 0 aliphatic heterocycles. The van der Waals surface area contributed by atoms with Crippen LogP contribution in [0.1, 0.15) is 17.3 Å². The van der Waals surface area contributed by atoms with Gasteiger partial charge in [0, 0.05) is 12.2 Å². The Labute approximate surface area is 116 Å². The number of anilines is 1. The number of para-hydroxylation sites is 1. The smallest absolute Gasteiger partial charge is 0.256 e. The van der Waals surface area contributed by atoms with Gasteiger partial charge in [-0.2, -0.15) is 0 Å². The molecule has 0 saturated carbocycles. The molecule has 0 radical (unpaired) electrons. The average Bonchev–Trinajstić information content (AvgIpc) is 2.37. The Balaban J connectivity index is 3.04. The molecule has 0 fully saturated rings. The number of hydrogen-bond donors (Lipinski definition) is 3. The molecule has 0 unspecified atom stereocenters. The fourth-order valence-electron chi connectivity index (χ4n) is 1.76. The van der Waals surface area contributed by atoms with Gasteiger partial charge >= 0.3 is 0 Å². The Morgan fingerprint density at radius 2 is 1.65 bits per heavy atom. The van der Waals surface area contributed by atoms with Gasteiger partial charge < -0.3 is 21.7 Å². The largest absolute Gasteiger partial charge is 0.385 e. The molecule has 0 spiro atoms. The first-order chi connectivity index (χ1) is 9.45. The lowest BCUT2D eigenvalue weighted by atomic mass is 10.1. The number of carbonyl (C=O) groups excluding carboxylic acids is 3. The molecule has 1 aromatic carbocycles. The van der Waals surface area contributed by atoms with Crippen molar-refractivity contribution >= 4 is 23.4 Å². The summed E-state index contributed by atoms with van der Waals surface area (Å²) in [6.45, 7) is 1.81. The van der Waals surface area contributed by atoms with Crippen LogP contribution in [0.25, 0.3) is 0 Å². The lowest BCUT2D eigenvalue weighted by molar-refractivity contribution is -0.121. The molecule has 108 valence electrons. The van der Waals surface area contributed by atoms with Gasteiger partial charge in [0.2, 0.25) is 11.8 Å². The van der Waals surface area contributed by atoms with Crippen LogP contribution in [0.2, 0.25) is 0 Å². The first-order valence-corrected chi connectivity index (χ1v) is 6.14. The van der Waals surface area contributed by atoms with Crippen LogP contribution in [-0.4, -0.2) is 42.3 Å². The molecule has 1 rings (SSSR count). The zero-order valence-corrected chi connectivity index (χ0v) is 11.3. The molecule has 0 aliphatic rings. The van der Waals surface area contributed by atoms with E-state index in [1.165, 1.54) is 0 Å². The second kappa shape index (κ2) is 7.13. The minimum absolute atomic E-state index is 0.358. The predicted octanol–water partition coefficient (Wildman–Crippen LogP) is -0.469. The van der Waals surface area contributed by atoms with Gasteiger partial charge in [-0.05, 0) is 19.1 Å². The predicted molar refractivity (Wildman–Crippen MR) is 74.9 cm³/mol. The van der Waals surface area contributed by atoms with Gasteiger partial charge in [0.25, 0.3) is 5.91 Å². The van der Waals surface area contributed by atoms with E-state index in [2.05, 4.69) is 5.32 Å². The van der Waals surface area contributed by atoms with Crippen molar-refractivity contribution in [2.24, 2.45) is 11.5 Å². The summed E-state index contributed by atoms with van der Waals surface area (Å²) in [5.41, 5.74) is 11.1. The third-order valence-electron chi connectivity index (χ3n) is 2.51. The Hall–Kier alpha value is -2.57.